The zero-order valence-electron chi connectivity index (χ0n) is 9.50. The summed E-state index contributed by atoms with van der Waals surface area (Å²) in [7, 11) is 0. The predicted molar refractivity (Wildman–Crippen MR) is 69.9 cm³/mol. The lowest BCUT2D eigenvalue weighted by molar-refractivity contribution is 0.630. The van der Waals surface area contributed by atoms with Crippen LogP contribution in [0.15, 0.2) is 42.5 Å². The van der Waals surface area contributed by atoms with Crippen LogP contribution in [-0.2, 0) is 6.54 Å². The van der Waals surface area contributed by atoms with Crippen molar-refractivity contribution >= 4 is 17.3 Å². The minimum absolute atomic E-state index is 0.290. The molecule has 0 bridgehead atoms. The normalized spacial score (nSPS) is 10.3. The molecule has 0 radical (unpaired) electrons. The van der Waals surface area contributed by atoms with Crippen molar-refractivity contribution in [1.82, 2.24) is 0 Å². The third-order valence-corrected chi connectivity index (χ3v) is 2.77. The van der Waals surface area contributed by atoms with Gasteiger partial charge in [-0.25, -0.2) is 4.39 Å². The number of rotatable bonds is 3. The van der Waals surface area contributed by atoms with E-state index in [0.29, 0.717) is 17.3 Å². The van der Waals surface area contributed by atoms with Crippen molar-refractivity contribution in [3.05, 3.63) is 64.4 Å². The molecular weight excluding hydrogens is 237 g/mol. The van der Waals surface area contributed by atoms with E-state index >= 15 is 0 Å². The Morgan fingerprint density at radius 1 is 1.12 bits per heavy atom. The summed E-state index contributed by atoms with van der Waals surface area (Å²) < 4.78 is 13.4. The molecule has 0 amide bonds. The molecule has 0 saturated carbocycles. The Hall–Kier alpha value is -1.54. The smallest absolute Gasteiger partial charge is 0.146 e. The molecule has 3 heteroatoms. The van der Waals surface area contributed by atoms with Gasteiger partial charge in [-0.3, -0.25) is 0 Å². The highest BCUT2D eigenvalue weighted by molar-refractivity contribution is 6.30. The molecule has 2 rings (SSSR count). The van der Waals surface area contributed by atoms with Crippen molar-refractivity contribution in [3.63, 3.8) is 0 Å². The van der Waals surface area contributed by atoms with Crippen LogP contribution >= 0.6 is 11.6 Å². The number of anilines is 1. The van der Waals surface area contributed by atoms with Crippen LogP contribution < -0.4 is 5.32 Å². The third kappa shape index (κ3) is 3.21. The fourth-order valence-electron chi connectivity index (χ4n) is 1.54. The molecule has 2 aromatic carbocycles. The van der Waals surface area contributed by atoms with Gasteiger partial charge >= 0.3 is 0 Å². The maximum atomic E-state index is 13.4. The molecule has 1 N–H and O–H groups in total. The molecule has 1 nitrogen and oxygen atoms in total. The Morgan fingerprint density at radius 3 is 2.53 bits per heavy atom. The monoisotopic (exact) mass is 249 g/mol. The van der Waals surface area contributed by atoms with E-state index in [2.05, 4.69) is 5.32 Å². The molecule has 2 aromatic rings. The summed E-state index contributed by atoms with van der Waals surface area (Å²) in [5, 5.41) is 3.56. The Balaban J connectivity index is 2.07. The first-order valence-corrected chi connectivity index (χ1v) is 5.77. The van der Waals surface area contributed by atoms with E-state index in [1.165, 1.54) is 17.7 Å². The van der Waals surface area contributed by atoms with Crippen molar-refractivity contribution in [2.24, 2.45) is 0 Å². The van der Waals surface area contributed by atoms with Crippen LogP contribution in [0.1, 0.15) is 11.1 Å². The van der Waals surface area contributed by atoms with E-state index in [1.807, 2.05) is 31.2 Å². The van der Waals surface area contributed by atoms with Crippen molar-refractivity contribution in [3.8, 4) is 0 Å². The molecule has 0 unspecified atom stereocenters. The summed E-state index contributed by atoms with van der Waals surface area (Å²) in [6.07, 6.45) is 0. The van der Waals surface area contributed by atoms with Gasteiger partial charge in [-0.1, -0.05) is 41.4 Å². The van der Waals surface area contributed by atoms with E-state index in [1.54, 1.807) is 6.07 Å². The van der Waals surface area contributed by atoms with Gasteiger partial charge < -0.3 is 5.32 Å². The molecule has 17 heavy (non-hydrogen) atoms. The summed E-state index contributed by atoms with van der Waals surface area (Å²) in [5.41, 5.74) is 2.75. The van der Waals surface area contributed by atoms with Crippen molar-refractivity contribution in [1.29, 1.82) is 0 Å². The first-order valence-electron chi connectivity index (χ1n) is 5.39. The van der Waals surface area contributed by atoms with Crippen molar-refractivity contribution < 1.29 is 4.39 Å². The fraction of sp³-hybridized carbons (Fsp3) is 0.143. The molecular formula is C14H13ClFN. The van der Waals surface area contributed by atoms with Crippen molar-refractivity contribution in [2.75, 3.05) is 5.32 Å². The lowest BCUT2D eigenvalue weighted by Crippen LogP contribution is -2.01. The highest BCUT2D eigenvalue weighted by atomic mass is 35.5. The van der Waals surface area contributed by atoms with E-state index < -0.39 is 0 Å². The molecule has 0 aromatic heterocycles. The van der Waals surface area contributed by atoms with Gasteiger partial charge in [-0.05, 0) is 30.7 Å². The zero-order valence-corrected chi connectivity index (χ0v) is 10.3. The Kier molecular flexibility index (Phi) is 3.64. The minimum Gasteiger partial charge on any atom is -0.379 e. The molecule has 88 valence electrons. The van der Waals surface area contributed by atoms with Crippen LogP contribution in [0.25, 0.3) is 0 Å². The summed E-state index contributed by atoms with van der Waals surface area (Å²) in [6.45, 7) is 2.62. The van der Waals surface area contributed by atoms with E-state index in [4.69, 9.17) is 11.6 Å². The van der Waals surface area contributed by atoms with Gasteiger partial charge in [-0.2, -0.15) is 0 Å². The predicted octanol–water partition coefficient (Wildman–Crippen LogP) is 4.40. The summed E-state index contributed by atoms with van der Waals surface area (Å²) in [5.74, 6) is -0.290. The number of halogens is 2. The lowest BCUT2D eigenvalue weighted by Gasteiger charge is -2.08. The molecule has 0 aliphatic carbocycles. The SMILES string of the molecule is Cc1ccc(CNc2cc(Cl)ccc2F)cc1. The van der Waals surface area contributed by atoms with Crippen LogP contribution in [0, 0.1) is 12.7 Å². The van der Waals surface area contributed by atoms with E-state index in [-0.39, 0.29) is 5.82 Å². The lowest BCUT2D eigenvalue weighted by atomic mass is 10.1. The fourth-order valence-corrected chi connectivity index (χ4v) is 1.71. The quantitative estimate of drug-likeness (QED) is 0.850. The second kappa shape index (κ2) is 5.19. The molecule has 0 heterocycles. The minimum atomic E-state index is -0.290. The summed E-state index contributed by atoms with van der Waals surface area (Å²) in [6, 6.07) is 12.6. The molecule has 0 fully saturated rings. The number of hydrogen-bond donors (Lipinski definition) is 1. The topological polar surface area (TPSA) is 12.0 Å². The van der Waals surface area contributed by atoms with Gasteiger partial charge in [0.2, 0.25) is 0 Å². The van der Waals surface area contributed by atoms with Gasteiger partial charge in [0.25, 0.3) is 0 Å². The summed E-state index contributed by atoms with van der Waals surface area (Å²) >= 11 is 5.81. The standard InChI is InChI=1S/C14H13ClFN/c1-10-2-4-11(5-3-10)9-17-14-8-12(15)6-7-13(14)16/h2-8,17H,9H2,1H3. The average Bonchev–Trinajstić information content (AvgIpc) is 2.32. The average molecular weight is 250 g/mol. The molecule has 0 saturated heterocycles. The first-order chi connectivity index (χ1) is 8.15. The van der Waals surface area contributed by atoms with Crippen LogP contribution in [0.2, 0.25) is 5.02 Å². The summed E-state index contributed by atoms with van der Waals surface area (Å²) in [4.78, 5) is 0. The third-order valence-electron chi connectivity index (χ3n) is 2.53. The Morgan fingerprint density at radius 2 is 1.82 bits per heavy atom. The van der Waals surface area contributed by atoms with Gasteiger partial charge in [-0.15, -0.1) is 0 Å². The van der Waals surface area contributed by atoms with Crippen LogP contribution in [0.4, 0.5) is 10.1 Å². The largest absolute Gasteiger partial charge is 0.379 e. The second-order valence-electron chi connectivity index (χ2n) is 3.96. The van der Waals surface area contributed by atoms with Gasteiger partial charge in [0, 0.05) is 11.6 Å². The van der Waals surface area contributed by atoms with E-state index in [0.717, 1.165) is 5.56 Å². The Labute approximate surface area is 105 Å². The van der Waals surface area contributed by atoms with Gasteiger partial charge in [0.05, 0.1) is 5.69 Å². The first kappa shape index (κ1) is 11.9. The van der Waals surface area contributed by atoms with Crippen LogP contribution in [0.5, 0.6) is 0 Å². The maximum absolute atomic E-state index is 13.4. The number of benzene rings is 2. The number of aryl methyl sites for hydroxylation is 1. The highest BCUT2D eigenvalue weighted by Crippen LogP contribution is 2.20. The molecule has 0 aliphatic heterocycles. The number of nitrogens with one attached hydrogen (secondary N) is 1. The molecule has 0 aliphatic rings. The molecule has 0 spiro atoms. The van der Waals surface area contributed by atoms with Gasteiger partial charge in [0.1, 0.15) is 5.82 Å². The number of hydrogen-bond acceptors (Lipinski definition) is 1. The van der Waals surface area contributed by atoms with Crippen LogP contribution in [-0.4, -0.2) is 0 Å². The zero-order chi connectivity index (χ0) is 12.3. The molecule has 0 atom stereocenters. The van der Waals surface area contributed by atoms with E-state index in [9.17, 15) is 4.39 Å². The van der Waals surface area contributed by atoms with Crippen molar-refractivity contribution in [2.45, 2.75) is 13.5 Å². The second-order valence-corrected chi connectivity index (χ2v) is 4.40. The Bertz CT molecular complexity index is 508. The van der Waals surface area contributed by atoms with Crippen LogP contribution in [0.3, 0.4) is 0 Å². The maximum Gasteiger partial charge on any atom is 0.146 e. The highest BCUT2D eigenvalue weighted by Gasteiger charge is 2.02. The van der Waals surface area contributed by atoms with Gasteiger partial charge in [0.15, 0.2) is 0 Å².